The first-order valence-electron chi connectivity index (χ1n) is 13.6. The molecule has 0 bridgehead atoms. The van der Waals surface area contributed by atoms with Crippen molar-refractivity contribution in [3.8, 4) is 22.9 Å². The molecule has 0 aliphatic rings. The number of hydrogen-bond acceptors (Lipinski definition) is 3. The first-order valence-corrected chi connectivity index (χ1v) is 14.4. The fraction of sp³-hybridized carbons (Fsp3) is 0. The predicted molar refractivity (Wildman–Crippen MR) is 171 cm³/mol. The highest BCUT2D eigenvalue weighted by atomic mass is 32.1. The maximum atomic E-state index is 9.93. The molecule has 0 fully saturated rings. The Morgan fingerprint density at radius 1 is 0.610 bits per heavy atom. The first kappa shape index (κ1) is 22.4. The molecule has 0 aliphatic carbocycles. The van der Waals surface area contributed by atoms with Crippen molar-refractivity contribution in [1.29, 1.82) is 5.26 Å². The molecule has 0 atom stereocenters. The fourth-order valence-electron chi connectivity index (χ4n) is 6.42. The lowest BCUT2D eigenvalue weighted by Gasteiger charge is -2.15. The molecule has 0 amide bonds. The van der Waals surface area contributed by atoms with E-state index < -0.39 is 0 Å². The number of furan rings is 1. The van der Waals surface area contributed by atoms with Crippen LogP contribution in [0.5, 0.6) is 0 Å². The summed E-state index contributed by atoms with van der Waals surface area (Å²) in [5.41, 5.74) is 7.78. The number of fused-ring (bicyclic) bond motifs is 10. The van der Waals surface area contributed by atoms with E-state index in [1.165, 1.54) is 30.9 Å². The van der Waals surface area contributed by atoms with Gasteiger partial charge in [-0.3, -0.25) is 0 Å². The molecular formula is C37H20N2OS. The van der Waals surface area contributed by atoms with Gasteiger partial charge in [0, 0.05) is 47.3 Å². The molecule has 41 heavy (non-hydrogen) atoms. The van der Waals surface area contributed by atoms with Crippen LogP contribution in [0.1, 0.15) is 5.56 Å². The third-order valence-corrected chi connectivity index (χ3v) is 9.44. The number of nitriles is 1. The molecule has 0 radical (unpaired) electrons. The first-order chi connectivity index (χ1) is 20.3. The summed E-state index contributed by atoms with van der Waals surface area (Å²) in [6.45, 7) is 0. The maximum Gasteiger partial charge on any atom is 0.135 e. The second-order valence-electron chi connectivity index (χ2n) is 10.4. The molecule has 0 N–H and O–H groups in total. The van der Waals surface area contributed by atoms with E-state index in [1.54, 1.807) is 0 Å². The van der Waals surface area contributed by atoms with Crippen molar-refractivity contribution >= 4 is 75.3 Å². The Morgan fingerprint density at radius 3 is 2.29 bits per heavy atom. The number of hydrogen-bond donors (Lipinski definition) is 0. The molecule has 9 aromatic rings. The van der Waals surface area contributed by atoms with Gasteiger partial charge in [-0.15, -0.1) is 11.3 Å². The maximum absolute atomic E-state index is 9.93. The topological polar surface area (TPSA) is 41.9 Å². The van der Waals surface area contributed by atoms with Gasteiger partial charge in [0.05, 0.1) is 28.4 Å². The van der Waals surface area contributed by atoms with Crippen molar-refractivity contribution in [3.05, 3.63) is 127 Å². The van der Waals surface area contributed by atoms with Crippen LogP contribution in [-0.2, 0) is 0 Å². The highest BCUT2D eigenvalue weighted by Gasteiger charge is 2.20. The standard InChI is InChI=1S/C37H20N2OS/c38-21-22-13-15-24(23-14-18-34-29(20-23)25-7-2-5-11-33(25)40-34)32(19-22)39-30-10-4-1-9-28(30)36-31(39)17-16-27-26-8-3-6-12-35(26)41-37(27)36/h1-20H. The van der Waals surface area contributed by atoms with E-state index >= 15 is 0 Å². The quantitative estimate of drug-likeness (QED) is 0.219. The van der Waals surface area contributed by atoms with Gasteiger partial charge in [-0.1, -0.05) is 72.8 Å². The average Bonchev–Trinajstić information content (AvgIpc) is 3.69. The molecule has 0 unspecified atom stereocenters. The smallest absolute Gasteiger partial charge is 0.135 e. The molecule has 4 heteroatoms. The normalized spacial score (nSPS) is 11.9. The van der Waals surface area contributed by atoms with Crippen LogP contribution < -0.4 is 0 Å². The van der Waals surface area contributed by atoms with Crippen molar-refractivity contribution < 1.29 is 4.42 Å². The van der Waals surface area contributed by atoms with Crippen LogP contribution in [0.15, 0.2) is 126 Å². The summed E-state index contributed by atoms with van der Waals surface area (Å²) >= 11 is 1.85. The summed E-state index contributed by atoms with van der Waals surface area (Å²) in [6, 6.07) is 44.7. The van der Waals surface area contributed by atoms with Gasteiger partial charge in [0.2, 0.25) is 0 Å². The van der Waals surface area contributed by atoms with Gasteiger partial charge in [-0.25, -0.2) is 0 Å². The van der Waals surface area contributed by atoms with Crippen LogP contribution in [0.25, 0.3) is 80.7 Å². The Morgan fingerprint density at radius 2 is 1.39 bits per heavy atom. The minimum absolute atomic E-state index is 0.632. The number of rotatable bonds is 2. The Balaban J connectivity index is 1.40. The Kier molecular flexibility index (Phi) is 4.55. The Labute approximate surface area is 238 Å². The molecule has 0 aliphatic heterocycles. The van der Waals surface area contributed by atoms with Crippen molar-refractivity contribution in [1.82, 2.24) is 4.57 Å². The van der Waals surface area contributed by atoms with Crippen LogP contribution in [0.3, 0.4) is 0 Å². The Bertz CT molecular complexity index is 2560. The van der Waals surface area contributed by atoms with E-state index in [0.29, 0.717) is 5.56 Å². The monoisotopic (exact) mass is 540 g/mol. The molecule has 3 aromatic heterocycles. The summed E-state index contributed by atoms with van der Waals surface area (Å²) in [4.78, 5) is 0. The van der Waals surface area contributed by atoms with Gasteiger partial charge in [0.25, 0.3) is 0 Å². The zero-order chi connectivity index (χ0) is 27.1. The van der Waals surface area contributed by atoms with Gasteiger partial charge in [0.1, 0.15) is 11.2 Å². The summed E-state index contributed by atoms with van der Waals surface area (Å²) in [6.07, 6.45) is 0. The predicted octanol–water partition coefficient (Wildman–Crippen LogP) is 10.6. The lowest BCUT2D eigenvalue weighted by Crippen LogP contribution is -1.98. The Hall–Kier alpha value is -5.37. The van der Waals surface area contributed by atoms with E-state index in [2.05, 4.69) is 102 Å². The fourth-order valence-corrected chi connectivity index (χ4v) is 7.68. The van der Waals surface area contributed by atoms with Gasteiger partial charge >= 0.3 is 0 Å². The SMILES string of the molecule is N#Cc1ccc(-c2ccc3oc4ccccc4c3c2)c(-n2c3ccccc3c3c4sc5ccccc5c4ccc32)c1. The van der Waals surface area contributed by atoms with E-state index in [0.717, 1.165) is 49.8 Å². The van der Waals surface area contributed by atoms with Gasteiger partial charge in [-0.2, -0.15) is 5.26 Å². The molecule has 6 aromatic carbocycles. The number of thiophene rings is 1. The van der Waals surface area contributed by atoms with E-state index in [1.807, 2.05) is 41.7 Å². The third kappa shape index (κ3) is 3.12. The molecule has 3 heterocycles. The summed E-state index contributed by atoms with van der Waals surface area (Å²) < 4.78 is 11.0. The summed E-state index contributed by atoms with van der Waals surface area (Å²) in [7, 11) is 0. The lowest BCUT2D eigenvalue weighted by atomic mass is 9.99. The van der Waals surface area contributed by atoms with Crippen LogP contribution >= 0.6 is 11.3 Å². The van der Waals surface area contributed by atoms with Crippen LogP contribution in [0.2, 0.25) is 0 Å². The van der Waals surface area contributed by atoms with Crippen LogP contribution in [0.4, 0.5) is 0 Å². The van der Waals surface area contributed by atoms with Crippen LogP contribution in [0, 0.1) is 11.3 Å². The van der Waals surface area contributed by atoms with E-state index in [9.17, 15) is 5.26 Å². The zero-order valence-electron chi connectivity index (χ0n) is 21.8. The van der Waals surface area contributed by atoms with E-state index in [-0.39, 0.29) is 0 Å². The highest BCUT2D eigenvalue weighted by Crippen LogP contribution is 2.44. The van der Waals surface area contributed by atoms with Gasteiger partial charge in [0.15, 0.2) is 0 Å². The number of para-hydroxylation sites is 2. The second kappa shape index (κ2) is 8.32. The van der Waals surface area contributed by atoms with Crippen molar-refractivity contribution in [3.63, 3.8) is 0 Å². The minimum Gasteiger partial charge on any atom is -0.456 e. The molecule has 0 saturated heterocycles. The molecule has 3 nitrogen and oxygen atoms in total. The van der Waals surface area contributed by atoms with E-state index in [4.69, 9.17) is 4.42 Å². The number of nitrogens with zero attached hydrogens (tertiary/aromatic N) is 2. The molecule has 9 rings (SSSR count). The number of benzene rings is 6. The molecular weight excluding hydrogens is 520 g/mol. The summed E-state index contributed by atoms with van der Waals surface area (Å²) in [5.74, 6) is 0. The lowest BCUT2D eigenvalue weighted by molar-refractivity contribution is 0.669. The van der Waals surface area contributed by atoms with Crippen molar-refractivity contribution in [2.24, 2.45) is 0 Å². The largest absolute Gasteiger partial charge is 0.456 e. The van der Waals surface area contributed by atoms with Crippen LogP contribution in [-0.4, -0.2) is 4.57 Å². The number of aromatic nitrogens is 1. The van der Waals surface area contributed by atoms with Crippen molar-refractivity contribution in [2.75, 3.05) is 0 Å². The highest BCUT2D eigenvalue weighted by molar-refractivity contribution is 7.26. The van der Waals surface area contributed by atoms with Gasteiger partial charge in [-0.05, 0) is 54.1 Å². The zero-order valence-corrected chi connectivity index (χ0v) is 22.6. The second-order valence-corrected chi connectivity index (χ2v) is 11.5. The van der Waals surface area contributed by atoms with Crippen molar-refractivity contribution in [2.45, 2.75) is 0 Å². The molecule has 190 valence electrons. The molecule has 0 spiro atoms. The minimum atomic E-state index is 0.632. The molecule has 0 saturated carbocycles. The van der Waals surface area contributed by atoms with Gasteiger partial charge < -0.3 is 8.98 Å². The average molecular weight is 541 g/mol. The summed E-state index contributed by atoms with van der Waals surface area (Å²) in [5, 5.41) is 17.2. The third-order valence-electron chi connectivity index (χ3n) is 8.24.